The van der Waals surface area contributed by atoms with Gasteiger partial charge < -0.3 is 36.7 Å². The highest BCUT2D eigenvalue weighted by molar-refractivity contribution is 7.94. The predicted octanol–water partition coefficient (Wildman–Crippen LogP) is 3.85. The third kappa shape index (κ3) is 12.3. The van der Waals surface area contributed by atoms with Gasteiger partial charge >= 0.3 is 0 Å². The number of carbonyl (C=O) groups is 3. The largest absolute Gasteiger partial charge is 0.691 e. The van der Waals surface area contributed by atoms with Crippen molar-refractivity contribution in [1.82, 2.24) is 15.1 Å². The minimum Gasteiger partial charge on any atom is -0.691 e. The number of amides is 3. The summed E-state index contributed by atoms with van der Waals surface area (Å²) < 4.78 is 41.0. The fourth-order valence-electron chi connectivity index (χ4n) is 8.03. The van der Waals surface area contributed by atoms with E-state index in [-0.39, 0.29) is 34.6 Å². The molecule has 2 aromatic carbocycles. The summed E-state index contributed by atoms with van der Waals surface area (Å²) in [5.41, 5.74) is 16.0. The monoisotopic (exact) mass is 885 g/mol. The second kappa shape index (κ2) is 21.8. The van der Waals surface area contributed by atoms with Crippen molar-refractivity contribution in [1.29, 1.82) is 0 Å². The van der Waals surface area contributed by atoms with Gasteiger partial charge in [-0.05, 0) is 88.4 Å². The number of hydrogen-bond acceptors (Lipinski definition) is 12. The number of likely N-dealkylation sites (N-methyl/N-ethyl adjacent to an activating group) is 2. The van der Waals surface area contributed by atoms with E-state index in [0.717, 1.165) is 70.2 Å². The topological polar surface area (TPSA) is 224 Å². The first-order chi connectivity index (χ1) is 28.8. The molecule has 0 aliphatic carbocycles. The van der Waals surface area contributed by atoms with Gasteiger partial charge in [0.15, 0.2) is 5.71 Å². The molecule has 0 saturated heterocycles. The number of allylic oxidation sites excluding steroid dienone is 4. The molecule has 3 amide bonds. The molecule has 4 rings (SSSR count). The molecule has 0 fully saturated rings. The minimum absolute atomic E-state index is 0.0340. The molecule has 16 nitrogen and oxygen atoms in total. The third-order valence-corrected chi connectivity index (χ3v) is 13.0. The summed E-state index contributed by atoms with van der Waals surface area (Å²) in [4.78, 5) is 43.2. The third-order valence-electron chi connectivity index (χ3n) is 11.5. The lowest BCUT2D eigenvalue weighted by atomic mass is 9.81. The second-order valence-corrected chi connectivity index (χ2v) is 18.7. The highest BCUT2D eigenvalue weighted by Crippen LogP contribution is 2.49. The number of carbonyl (C=O) groups excluding carboxylic acids is 3. The summed E-state index contributed by atoms with van der Waals surface area (Å²) >= 11 is 0.857. The quantitative estimate of drug-likeness (QED) is 0.0311. The van der Waals surface area contributed by atoms with Crippen molar-refractivity contribution in [2.45, 2.75) is 106 Å². The molecular formula is C43H63N7O9S2. The van der Waals surface area contributed by atoms with E-state index in [9.17, 15) is 32.6 Å². The Balaban J connectivity index is 1.36. The fourth-order valence-corrected chi connectivity index (χ4v) is 8.93. The van der Waals surface area contributed by atoms with Gasteiger partial charge in [0.05, 0.1) is 28.4 Å². The number of fused-ring (bicyclic) bond motifs is 2. The van der Waals surface area contributed by atoms with E-state index < -0.39 is 21.6 Å². The fraction of sp³-hybridized carbons (Fsp3) is 0.535. The minimum atomic E-state index is -4.42. The van der Waals surface area contributed by atoms with Gasteiger partial charge in [0.2, 0.25) is 23.4 Å². The SMILES string of the molecule is CCN1/C(=C/C=C/C2=[N+](CCCCCC(=O)NCCCN(C)C(=O)CCCN(C)C(=O)C(N)CN)c3ccc(S(=O)(=O)O)cc3C2(C)C)C(C)(C)c2cc(SOO[O-])ccc21. The zero-order valence-electron chi connectivity index (χ0n) is 36.4. The van der Waals surface area contributed by atoms with E-state index in [1.807, 2.05) is 38.1 Å². The van der Waals surface area contributed by atoms with Crippen molar-refractivity contribution in [2.24, 2.45) is 11.5 Å². The van der Waals surface area contributed by atoms with Crippen LogP contribution in [0, 0.1) is 0 Å². The molecular weight excluding hydrogens is 823 g/mol. The van der Waals surface area contributed by atoms with Gasteiger partial charge in [0, 0.05) is 105 Å². The van der Waals surface area contributed by atoms with E-state index in [0.29, 0.717) is 58.3 Å². The van der Waals surface area contributed by atoms with Gasteiger partial charge in [-0.15, -0.1) is 0 Å². The Labute approximate surface area is 364 Å². The number of unbranched alkanes of at least 4 members (excludes halogenated alkanes) is 2. The first-order valence-corrected chi connectivity index (χ1v) is 22.9. The Bertz CT molecular complexity index is 2100. The highest BCUT2D eigenvalue weighted by atomic mass is 32.2. The summed E-state index contributed by atoms with van der Waals surface area (Å²) in [7, 11) is -1.05. The van der Waals surface area contributed by atoms with Crippen molar-refractivity contribution in [3.63, 3.8) is 0 Å². The Hall–Kier alpha value is -4.14. The van der Waals surface area contributed by atoms with Crippen LogP contribution in [0.15, 0.2) is 70.1 Å². The standard InChI is InChI=1S/C43H63N7O9S2/c1-8-49-35-21-19-30(60-59-58-54)27-32(35)42(2,3)37(49)15-12-16-38-43(4,5)33-28-31(61(55,56)57)20-22-36(33)50(38)26-11-9-10-17-39(51)46-23-14-25-47(6)40(52)18-13-24-48(7)41(53)34(45)29-44/h12,15-16,19-22,27-28,34H,8-11,13-14,17-18,23-26,29,44-45H2,1-7H3,(H2-,46,51,54,55,56,57). The molecule has 1 atom stereocenters. The molecule has 2 aliphatic heterocycles. The highest BCUT2D eigenvalue weighted by Gasteiger charge is 2.45. The first kappa shape index (κ1) is 49.5. The van der Waals surface area contributed by atoms with Crippen LogP contribution in [-0.4, -0.2) is 110 Å². The van der Waals surface area contributed by atoms with Crippen LogP contribution in [-0.2, 0) is 44.7 Å². The van der Waals surface area contributed by atoms with E-state index in [1.54, 1.807) is 31.1 Å². The smallest absolute Gasteiger partial charge is 0.294 e. The zero-order chi connectivity index (χ0) is 45.1. The molecule has 6 N–H and O–H groups in total. The molecule has 336 valence electrons. The van der Waals surface area contributed by atoms with Crippen molar-refractivity contribution >= 4 is 57.0 Å². The van der Waals surface area contributed by atoms with E-state index in [4.69, 9.17) is 11.5 Å². The molecule has 2 heterocycles. The van der Waals surface area contributed by atoms with Gasteiger partial charge in [-0.25, -0.2) is 0 Å². The molecule has 0 bridgehead atoms. The molecule has 0 spiro atoms. The first-order valence-electron chi connectivity index (χ1n) is 20.7. The number of nitrogens with two attached hydrogens (primary N) is 2. The molecule has 0 aromatic heterocycles. The lowest BCUT2D eigenvalue weighted by molar-refractivity contribution is -0.777. The molecule has 1 unspecified atom stereocenters. The number of anilines is 1. The maximum absolute atomic E-state index is 12.7. The molecule has 0 saturated carbocycles. The number of benzene rings is 2. The Morgan fingerprint density at radius 2 is 1.70 bits per heavy atom. The second-order valence-electron chi connectivity index (χ2n) is 16.5. The van der Waals surface area contributed by atoms with Crippen LogP contribution >= 0.6 is 12.0 Å². The molecule has 18 heteroatoms. The Kier molecular flexibility index (Phi) is 17.7. The number of rotatable bonds is 23. The van der Waals surface area contributed by atoms with Crippen molar-refractivity contribution < 1.29 is 46.6 Å². The summed E-state index contributed by atoms with van der Waals surface area (Å²) in [6.07, 6.45) is 10.2. The lowest BCUT2D eigenvalue weighted by Crippen LogP contribution is -2.46. The number of nitrogens with one attached hydrogen (secondary N) is 1. The van der Waals surface area contributed by atoms with Crippen LogP contribution in [0.4, 0.5) is 11.4 Å². The van der Waals surface area contributed by atoms with E-state index in [2.05, 4.69) is 57.1 Å². The molecule has 61 heavy (non-hydrogen) atoms. The van der Waals surface area contributed by atoms with Gasteiger partial charge in [0.25, 0.3) is 10.1 Å². The van der Waals surface area contributed by atoms with Crippen LogP contribution in [0.1, 0.15) is 90.7 Å². The molecule has 0 radical (unpaired) electrons. The average Bonchev–Trinajstić information content (AvgIpc) is 3.57. The Morgan fingerprint density at radius 3 is 2.38 bits per heavy atom. The Morgan fingerprint density at radius 1 is 0.984 bits per heavy atom. The summed E-state index contributed by atoms with van der Waals surface area (Å²) in [6.45, 7) is 13.2. The summed E-state index contributed by atoms with van der Waals surface area (Å²) in [5.74, 6) is -0.333. The van der Waals surface area contributed by atoms with Crippen LogP contribution in [0.2, 0.25) is 0 Å². The van der Waals surface area contributed by atoms with Gasteiger partial charge in [-0.2, -0.15) is 17.3 Å². The van der Waals surface area contributed by atoms with Gasteiger partial charge in [-0.3, -0.25) is 24.0 Å². The van der Waals surface area contributed by atoms with Crippen LogP contribution in [0.5, 0.6) is 0 Å². The molecule has 2 aliphatic rings. The van der Waals surface area contributed by atoms with Crippen molar-refractivity contribution in [3.05, 3.63) is 71.5 Å². The number of nitrogens with zero attached hydrogens (tertiary/aromatic N) is 4. The van der Waals surface area contributed by atoms with E-state index in [1.165, 1.54) is 11.0 Å². The summed E-state index contributed by atoms with van der Waals surface area (Å²) in [5, 5.41) is 16.9. The maximum atomic E-state index is 12.7. The molecule has 2 aromatic rings. The van der Waals surface area contributed by atoms with Gasteiger partial charge in [0.1, 0.15) is 6.54 Å². The summed E-state index contributed by atoms with van der Waals surface area (Å²) in [6, 6.07) is 9.86. The van der Waals surface area contributed by atoms with Crippen molar-refractivity contribution in [2.75, 3.05) is 58.3 Å². The van der Waals surface area contributed by atoms with Crippen molar-refractivity contribution in [3.8, 4) is 0 Å². The number of hydrogen-bond donors (Lipinski definition) is 4. The van der Waals surface area contributed by atoms with E-state index >= 15 is 0 Å². The lowest BCUT2D eigenvalue weighted by Gasteiger charge is -2.25. The average molecular weight is 886 g/mol. The van der Waals surface area contributed by atoms with Crippen LogP contribution in [0.25, 0.3) is 0 Å². The van der Waals surface area contributed by atoms with Crippen LogP contribution in [0.3, 0.4) is 0 Å². The van der Waals surface area contributed by atoms with Crippen LogP contribution < -0.4 is 26.9 Å². The normalized spacial score (nSPS) is 16.6. The maximum Gasteiger partial charge on any atom is 0.294 e. The predicted molar refractivity (Wildman–Crippen MR) is 234 cm³/mol. The van der Waals surface area contributed by atoms with Gasteiger partial charge in [-0.1, -0.05) is 19.9 Å². The zero-order valence-corrected chi connectivity index (χ0v) is 38.1.